The van der Waals surface area contributed by atoms with Crippen LogP contribution in [0.5, 0.6) is 0 Å². The number of H-pyrrole nitrogens is 1. The second-order valence-electron chi connectivity index (χ2n) is 9.37. The number of pyridine rings is 4. The Morgan fingerprint density at radius 1 is 0.487 bits per heavy atom. The number of aromatic nitrogens is 6. The average Bonchev–Trinajstić information content (AvgIpc) is 3.49. The fourth-order valence-electron chi connectivity index (χ4n) is 4.50. The Morgan fingerprint density at radius 3 is 1.23 bits per heavy atom. The van der Waals surface area contributed by atoms with Gasteiger partial charge in [-0.3, -0.25) is 25.0 Å². The zero-order chi connectivity index (χ0) is 26.5. The molecule has 8 heteroatoms. The summed E-state index contributed by atoms with van der Waals surface area (Å²) in [6, 6.07) is 26.4. The molecule has 0 saturated heterocycles. The minimum Gasteiger partial charge on any atom is -0.356 e. The molecule has 5 aromatic rings. The third kappa shape index (κ3) is 7.95. The Morgan fingerprint density at radius 2 is 0.872 bits per heavy atom. The summed E-state index contributed by atoms with van der Waals surface area (Å²) in [5, 5.41) is 8.08. The molecule has 0 spiro atoms. The summed E-state index contributed by atoms with van der Waals surface area (Å²) >= 11 is 0. The van der Waals surface area contributed by atoms with Crippen molar-refractivity contribution in [3.05, 3.63) is 126 Å². The third-order valence-corrected chi connectivity index (χ3v) is 6.67. The number of rotatable bonds is 14. The van der Waals surface area contributed by atoms with Gasteiger partial charge in [0.25, 0.3) is 0 Å². The molecule has 39 heavy (non-hydrogen) atoms. The predicted molar refractivity (Wildman–Crippen MR) is 155 cm³/mol. The van der Waals surface area contributed by atoms with Gasteiger partial charge in [-0.2, -0.15) is 5.10 Å². The third-order valence-electron chi connectivity index (χ3n) is 6.67. The maximum atomic E-state index is 4.76. The SMILES string of the molecule is c1ccc(CCN(CCc2ccccn2)c2cc(N(CCc3ccccn3)CCc3ccccn3)[nH]n2)nc1. The van der Waals surface area contributed by atoms with Crippen molar-refractivity contribution in [3.8, 4) is 0 Å². The van der Waals surface area contributed by atoms with Crippen LogP contribution in [-0.4, -0.2) is 56.3 Å². The number of hydrogen-bond donors (Lipinski definition) is 1. The van der Waals surface area contributed by atoms with E-state index in [4.69, 9.17) is 5.10 Å². The predicted octanol–water partition coefficient (Wildman–Crippen LogP) is 4.57. The molecule has 0 bridgehead atoms. The first-order chi connectivity index (χ1) is 19.3. The van der Waals surface area contributed by atoms with Crippen LogP contribution in [-0.2, 0) is 25.7 Å². The maximum absolute atomic E-state index is 4.76. The lowest BCUT2D eigenvalue weighted by Gasteiger charge is -2.23. The van der Waals surface area contributed by atoms with Gasteiger partial charge in [-0.25, -0.2) is 0 Å². The van der Waals surface area contributed by atoms with Gasteiger partial charge in [0, 0.05) is 105 Å². The molecule has 0 unspecified atom stereocenters. The van der Waals surface area contributed by atoms with Crippen LogP contribution >= 0.6 is 0 Å². The first-order valence-electron chi connectivity index (χ1n) is 13.5. The smallest absolute Gasteiger partial charge is 0.152 e. The molecule has 5 heterocycles. The van der Waals surface area contributed by atoms with Crippen LogP contribution < -0.4 is 9.80 Å². The van der Waals surface area contributed by atoms with Gasteiger partial charge in [0.1, 0.15) is 5.82 Å². The summed E-state index contributed by atoms with van der Waals surface area (Å²) in [5.74, 6) is 1.93. The van der Waals surface area contributed by atoms with Crippen LogP contribution in [0.15, 0.2) is 104 Å². The van der Waals surface area contributed by atoms with Gasteiger partial charge in [-0.05, 0) is 48.5 Å². The van der Waals surface area contributed by atoms with E-state index in [1.165, 1.54) is 0 Å². The van der Waals surface area contributed by atoms with E-state index in [1.807, 2.05) is 73.3 Å². The molecule has 0 saturated carbocycles. The lowest BCUT2D eigenvalue weighted by molar-refractivity contribution is 0.734. The first kappa shape index (κ1) is 26.0. The minimum atomic E-state index is 0.815. The lowest BCUT2D eigenvalue weighted by Crippen LogP contribution is -2.29. The van der Waals surface area contributed by atoms with Crippen molar-refractivity contribution in [1.82, 2.24) is 30.1 Å². The second kappa shape index (κ2) is 13.8. The Kier molecular flexibility index (Phi) is 9.22. The second-order valence-corrected chi connectivity index (χ2v) is 9.37. The monoisotopic (exact) mass is 518 g/mol. The normalized spacial score (nSPS) is 10.9. The fourth-order valence-corrected chi connectivity index (χ4v) is 4.50. The molecule has 0 aliphatic rings. The molecule has 8 nitrogen and oxygen atoms in total. The molecule has 0 aromatic carbocycles. The molecule has 0 fully saturated rings. The number of hydrogen-bond acceptors (Lipinski definition) is 7. The highest BCUT2D eigenvalue weighted by atomic mass is 15.3. The van der Waals surface area contributed by atoms with Crippen molar-refractivity contribution in [2.75, 3.05) is 36.0 Å². The van der Waals surface area contributed by atoms with Crippen LogP contribution in [0.25, 0.3) is 0 Å². The van der Waals surface area contributed by atoms with Crippen molar-refractivity contribution >= 4 is 11.6 Å². The van der Waals surface area contributed by atoms with E-state index < -0.39 is 0 Å². The summed E-state index contributed by atoms with van der Waals surface area (Å²) in [5.41, 5.74) is 4.30. The first-order valence-corrected chi connectivity index (χ1v) is 13.5. The quantitative estimate of drug-likeness (QED) is 0.230. The highest BCUT2D eigenvalue weighted by Gasteiger charge is 2.16. The van der Waals surface area contributed by atoms with Gasteiger partial charge in [-0.1, -0.05) is 24.3 Å². The Labute approximate surface area is 229 Å². The van der Waals surface area contributed by atoms with Crippen molar-refractivity contribution in [2.24, 2.45) is 0 Å². The van der Waals surface area contributed by atoms with Gasteiger partial charge in [0.15, 0.2) is 5.82 Å². The molecule has 0 aliphatic heterocycles. The summed E-state index contributed by atoms with van der Waals surface area (Å²) in [6.45, 7) is 3.28. The summed E-state index contributed by atoms with van der Waals surface area (Å²) in [4.78, 5) is 22.7. The number of nitrogens with one attached hydrogen (secondary N) is 1. The minimum absolute atomic E-state index is 0.815. The Hall–Kier alpha value is -4.59. The highest BCUT2D eigenvalue weighted by Crippen LogP contribution is 2.21. The summed E-state index contributed by atoms with van der Waals surface area (Å²) in [6.07, 6.45) is 10.8. The topological polar surface area (TPSA) is 86.7 Å². The molecule has 0 aliphatic carbocycles. The van der Waals surface area contributed by atoms with E-state index in [2.05, 4.69) is 65.2 Å². The van der Waals surface area contributed by atoms with Crippen LogP contribution in [0, 0.1) is 0 Å². The molecule has 5 rings (SSSR count). The maximum Gasteiger partial charge on any atom is 0.152 e. The van der Waals surface area contributed by atoms with Crippen molar-refractivity contribution in [1.29, 1.82) is 0 Å². The van der Waals surface area contributed by atoms with E-state index in [0.717, 1.165) is 86.3 Å². The standard InChI is InChI=1S/C31H34N8/c1-5-17-32-26(9-1)13-21-38(22-14-27-10-2-6-18-33-27)30-25-31(37-36-30)39(23-15-28-11-3-7-19-34-28)24-16-29-12-4-8-20-35-29/h1-12,17-20,25H,13-16,21-24H2,(H,36,37). The molecule has 0 atom stereocenters. The van der Waals surface area contributed by atoms with Gasteiger partial charge >= 0.3 is 0 Å². The van der Waals surface area contributed by atoms with Gasteiger partial charge in [0.05, 0.1) is 0 Å². The van der Waals surface area contributed by atoms with Crippen molar-refractivity contribution < 1.29 is 0 Å². The molecule has 1 N–H and O–H groups in total. The van der Waals surface area contributed by atoms with E-state index in [1.54, 1.807) is 0 Å². The number of nitrogens with zero attached hydrogens (tertiary/aromatic N) is 7. The van der Waals surface area contributed by atoms with Crippen LogP contribution in [0.3, 0.4) is 0 Å². The summed E-state index contributed by atoms with van der Waals surface area (Å²) < 4.78 is 0. The average molecular weight is 519 g/mol. The Balaban J connectivity index is 1.32. The highest BCUT2D eigenvalue weighted by molar-refractivity contribution is 5.51. The van der Waals surface area contributed by atoms with E-state index in [-0.39, 0.29) is 0 Å². The Bertz CT molecular complexity index is 1170. The van der Waals surface area contributed by atoms with Crippen LogP contribution in [0.2, 0.25) is 0 Å². The number of aromatic amines is 1. The molecule has 5 aromatic heterocycles. The summed E-state index contributed by atoms with van der Waals surface area (Å²) in [7, 11) is 0. The van der Waals surface area contributed by atoms with E-state index in [9.17, 15) is 0 Å². The molecule has 198 valence electrons. The largest absolute Gasteiger partial charge is 0.356 e. The zero-order valence-electron chi connectivity index (χ0n) is 22.1. The molecule has 0 amide bonds. The van der Waals surface area contributed by atoms with E-state index in [0.29, 0.717) is 0 Å². The zero-order valence-corrected chi connectivity index (χ0v) is 22.1. The van der Waals surface area contributed by atoms with Gasteiger partial charge in [0.2, 0.25) is 0 Å². The van der Waals surface area contributed by atoms with Gasteiger partial charge in [-0.15, -0.1) is 0 Å². The van der Waals surface area contributed by atoms with Crippen LogP contribution in [0.1, 0.15) is 22.8 Å². The van der Waals surface area contributed by atoms with Gasteiger partial charge < -0.3 is 9.80 Å². The molecular formula is C31H34N8. The number of anilines is 2. The lowest BCUT2D eigenvalue weighted by atomic mass is 10.2. The molecule has 0 radical (unpaired) electrons. The molecular weight excluding hydrogens is 484 g/mol. The van der Waals surface area contributed by atoms with Crippen LogP contribution in [0.4, 0.5) is 11.6 Å². The van der Waals surface area contributed by atoms with Crippen molar-refractivity contribution in [2.45, 2.75) is 25.7 Å². The van der Waals surface area contributed by atoms with Crippen molar-refractivity contribution in [3.63, 3.8) is 0 Å². The fraction of sp³-hybridized carbons (Fsp3) is 0.258. The van der Waals surface area contributed by atoms with E-state index >= 15 is 0 Å².